The van der Waals surface area contributed by atoms with Crippen molar-refractivity contribution in [2.75, 3.05) is 0 Å². The Balaban J connectivity index is 2.13. The van der Waals surface area contributed by atoms with Crippen molar-refractivity contribution in [3.8, 4) is 11.4 Å². The summed E-state index contributed by atoms with van der Waals surface area (Å²) in [6, 6.07) is 10.4. The Morgan fingerprint density at radius 3 is 2.53 bits per heavy atom. The summed E-state index contributed by atoms with van der Waals surface area (Å²) in [5.41, 5.74) is 1.02. The highest BCUT2D eigenvalue weighted by Gasteiger charge is 2.34. The maximum atomic E-state index is 12.6. The standard InChI is InChI=1S/C13H10F3N3/c1-19-11(7-12(18-19)13(14,15)16)10-6-8-4-2-3-5-9(8)17-10/h2-7,17H,1H3. The third-order valence-electron chi connectivity index (χ3n) is 2.98. The van der Waals surface area contributed by atoms with E-state index in [1.807, 2.05) is 30.3 Å². The van der Waals surface area contributed by atoms with Crippen molar-refractivity contribution in [3.63, 3.8) is 0 Å². The molecule has 0 bridgehead atoms. The van der Waals surface area contributed by atoms with Gasteiger partial charge in [-0.1, -0.05) is 18.2 Å². The predicted molar refractivity (Wildman–Crippen MR) is 65.5 cm³/mol. The molecule has 0 saturated carbocycles. The normalized spacial score (nSPS) is 12.2. The van der Waals surface area contributed by atoms with Crippen LogP contribution in [0, 0.1) is 0 Å². The van der Waals surface area contributed by atoms with Gasteiger partial charge in [-0.3, -0.25) is 4.68 Å². The van der Waals surface area contributed by atoms with Crippen LogP contribution in [0.4, 0.5) is 13.2 Å². The molecule has 2 aromatic heterocycles. The van der Waals surface area contributed by atoms with Crippen molar-refractivity contribution in [1.82, 2.24) is 14.8 Å². The fourth-order valence-corrected chi connectivity index (χ4v) is 2.07. The van der Waals surface area contributed by atoms with Crippen LogP contribution < -0.4 is 0 Å². The van der Waals surface area contributed by atoms with Crippen LogP contribution in [-0.4, -0.2) is 14.8 Å². The lowest BCUT2D eigenvalue weighted by molar-refractivity contribution is -0.141. The largest absolute Gasteiger partial charge is 0.435 e. The van der Waals surface area contributed by atoms with Crippen molar-refractivity contribution < 1.29 is 13.2 Å². The first-order valence-electron chi connectivity index (χ1n) is 5.64. The topological polar surface area (TPSA) is 33.6 Å². The molecule has 0 fully saturated rings. The smallest absolute Gasteiger partial charge is 0.353 e. The Hall–Kier alpha value is -2.24. The number of H-pyrrole nitrogens is 1. The van der Waals surface area contributed by atoms with Gasteiger partial charge in [-0.05, 0) is 18.2 Å². The van der Waals surface area contributed by atoms with Crippen LogP contribution in [0.5, 0.6) is 0 Å². The fraction of sp³-hybridized carbons (Fsp3) is 0.154. The van der Waals surface area contributed by atoms with Crippen LogP contribution in [-0.2, 0) is 13.2 Å². The van der Waals surface area contributed by atoms with E-state index in [9.17, 15) is 13.2 Å². The summed E-state index contributed by atoms with van der Waals surface area (Å²) in [6.07, 6.45) is -4.43. The number of aryl methyl sites for hydroxylation is 1. The highest BCUT2D eigenvalue weighted by atomic mass is 19.4. The van der Waals surface area contributed by atoms with Crippen molar-refractivity contribution >= 4 is 10.9 Å². The Bertz CT molecular complexity index is 704. The van der Waals surface area contributed by atoms with Gasteiger partial charge in [-0.2, -0.15) is 18.3 Å². The average Bonchev–Trinajstić information content (AvgIpc) is 2.90. The molecule has 1 aromatic carbocycles. The summed E-state index contributed by atoms with van der Waals surface area (Å²) in [5, 5.41) is 4.45. The lowest BCUT2D eigenvalue weighted by Gasteiger charge is -1.98. The van der Waals surface area contributed by atoms with Gasteiger partial charge < -0.3 is 4.98 Å². The van der Waals surface area contributed by atoms with Crippen molar-refractivity contribution in [2.24, 2.45) is 7.05 Å². The molecule has 98 valence electrons. The quantitative estimate of drug-likeness (QED) is 0.716. The maximum Gasteiger partial charge on any atom is 0.435 e. The Morgan fingerprint density at radius 1 is 1.16 bits per heavy atom. The molecule has 0 aliphatic rings. The second-order valence-corrected chi connectivity index (χ2v) is 4.31. The molecule has 19 heavy (non-hydrogen) atoms. The van der Waals surface area contributed by atoms with Crippen LogP contribution in [0.3, 0.4) is 0 Å². The fourth-order valence-electron chi connectivity index (χ4n) is 2.07. The molecule has 3 aromatic rings. The van der Waals surface area contributed by atoms with Crippen molar-refractivity contribution in [1.29, 1.82) is 0 Å². The van der Waals surface area contributed by atoms with Crippen molar-refractivity contribution in [2.45, 2.75) is 6.18 Å². The van der Waals surface area contributed by atoms with Crippen LogP contribution in [0.2, 0.25) is 0 Å². The van der Waals surface area contributed by atoms with E-state index < -0.39 is 11.9 Å². The average molecular weight is 265 g/mol. The monoisotopic (exact) mass is 265 g/mol. The molecule has 2 heterocycles. The molecule has 0 unspecified atom stereocenters. The molecule has 0 spiro atoms. The van der Waals surface area contributed by atoms with Gasteiger partial charge in [0.15, 0.2) is 5.69 Å². The van der Waals surface area contributed by atoms with Gasteiger partial charge in [0.05, 0.1) is 11.4 Å². The highest BCUT2D eigenvalue weighted by molar-refractivity contribution is 5.85. The Kier molecular flexibility index (Phi) is 2.41. The van der Waals surface area contributed by atoms with Gasteiger partial charge in [0.25, 0.3) is 0 Å². The highest BCUT2D eigenvalue weighted by Crippen LogP contribution is 2.32. The number of hydrogen-bond acceptors (Lipinski definition) is 1. The number of nitrogens with one attached hydrogen (secondary N) is 1. The Labute approximate surface area is 106 Å². The van der Waals surface area contributed by atoms with Crippen molar-refractivity contribution in [3.05, 3.63) is 42.1 Å². The number of aromatic nitrogens is 3. The SMILES string of the molecule is Cn1nc(C(F)(F)F)cc1-c1cc2ccccc2[nH]1. The first-order chi connectivity index (χ1) is 8.95. The zero-order chi connectivity index (χ0) is 13.6. The number of alkyl halides is 3. The third-order valence-corrected chi connectivity index (χ3v) is 2.98. The molecule has 0 atom stereocenters. The molecule has 0 radical (unpaired) electrons. The van der Waals surface area contributed by atoms with Crippen LogP contribution >= 0.6 is 0 Å². The van der Waals surface area contributed by atoms with Gasteiger partial charge in [-0.15, -0.1) is 0 Å². The number of aromatic amines is 1. The van der Waals surface area contributed by atoms with Gasteiger partial charge >= 0.3 is 6.18 Å². The van der Waals surface area contributed by atoms with E-state index in [-0.39, 0.29) is 0 Å². The van der Waals surface area contributed by atoms with Crippen LogP contribution in [0.15, 0.2) is 36.4 Å². The number of fused-ring (bicyclic) bond motifs is 1. The van der Waals surface area contributed by atoms with E-state index in [1.165, 1.54) is 11.7 Å². The number of halogens is 3. The molecule has 6 heteroatoms. The number of para-hydroxylation sites is 1. The number of benzene rings is 1. The van der Waals surface area contributed by atoms with E-state index in [4.69, 9.17) is 0 Å². The molecule has 1 N–H and O–H groups in total. The summed E-state index contributed by atoms with van der Waals surface area (Å²) < 4.78 is 39.1. The molecule has 3 rings (SSSR count). The lowest BCUT2D eigenvalue weighted by Crippen LogP contribution is -2.06. The molecular formula is C13H10F3N3. The molecule has 0 aliphatic carbocycles. The lowest BCUT2D eigenvalue weighted by atomic mass is 10.2. The molecular weight excluding hydrogens is 255 g/mol. The minimum absolute atomic E-state index is 0.406. The minimum Gasteiger partial charge on any atom is -0.353 e. The first-order valence-corrected chi connectivity index (χ1v) is 5.64. The van der Waals surface area contributed by atoms with Crippen LogP contribution in [0.1, 0.15) is 5.69 Å². The second-order valence-electron chi connectivity index (χ2n) is 4.31. The van der Waals surface area contributed by atoms with E-state index in [0.717, 1.165) is 17.0 Å². The predicted octanol–water partition coefficient (Wildman–Crippen LogP) is 3.59. The minimum atomic E-state index is -4.43. The first kappa shape index (κ1) is 11.8. The van der Waals surface area contributed by atoms with Crippen LogP contribution in [0.25, 0.3) is 22.3 Å². The van der Waals surface area contributed by atoms with E-state index in [2.05, 4.69) is 10.1 Å². The van der Waals surface area contributed by atoms with Gasteiger partial charge in [0.1, 0.15) is 0 Å². The molecule has 3 nitrogen and oxygen atoms in total. The molecule has 0 saturated heterocycles. The van der Waals surface area contributed by atoms with E-state index in [1.54, 1.807) is 0 Å². The number of rotatable bonds is 1. The summed E-state index contributed by atoms with van der Waals surface area (Å²) >= 11 is 0. The van der Waals surface area contributed by atoms with E-state index >= 15 is 0 Å². The zero-order valence-electron chi connectivity index (χ0n) is 9.99. The molecule has 0 aliphatic heterocycles. The summed E-state index contributed by atoms with van der Waals surface area (Å²) in [5.74, 6) is 0. The second kappa shape index (κ2) is 3.88. The van der Waals surface area contributed by atoms with E-state index in [0.29, 0.717) is 11.4 Å². The maximum absolute atomic E-state index is 12.6. The summed E-state index contributed by atoms with van der Waals surface area (Å²) in [4.78, 5) is 3.09. The number of hydrogen-bond donors (Lipinski definition) is 1. The summed E-state index contributed by atoms with van der Waals surface area (Å²) in [6.45, 7) is 0. The van der Waals surface area contributed by atoms with Gasteiger partial charge in [-0.25, -0.2) is 0 Å². The van der Waals surface area contributed by atoms with Gasteiger partial charge in [0.2, 0.25) is 0 Å². The number of nitrogens with zero attached hydrogens (tertiary/aromatic N) is 2. The zero-order valence-corrected chi connectivity index (χ0v) is 9.99. The summed E-state index contributed by atoms with van der Waals surface area (Å²) in [7, 11) is 1.50. The molecule has 0 amide bonds. The van der Waals surface area contributed by atoms with Gasteiger partial charge in [0, 0.05) is 18.0 Å². The third kappa shape index (κ3) is 1.99. The Morgan fingerprint density at radius 2 is 1.89 bits per heavy atom.